The molecule has 2 N–H and O–H groups in total. The van der Waals surface area contributed by atoms with Gasteiger partial charge in [-0.05, 0) is 26.0 Å². The first-order valence-electron chi connectivity index (χ1n) is 6.86. The van der Waals surface area contributed by atoms with Crippen molar-refractivity contribution in [2.75, 3.05) is 5.73 Å². The number of aromatic nitrogens is 2. The fraction of sp³-hybridized carbons (Fsp3) is 0.400. The van der Waals surface area contributed by atoms with Gasteiger partial charge >= 0.3 is 6.61 Å². The SMILES string of the molecule is CCc1nc(-c2ccccc2OC(F)F)c(N)n1C(C)C. The summed E-state index contributed by atoms with van der Waals surface area (Å²) in [7, 11) is 0. The van der Waals surface area contributed by atoms with Gasteiger partial charge in [-0.1, -0.05) is 19.1 Å². The van der Waals surface area contributed by atoms with E-state index >= 15 is 0 Å². The fourth-order valence-electron chi connectivity index (χ4n) is 2.38. The van der Waals surface area contributed by atoms with Crippen molar-refractivity contribution >= 4 is 5.82 Å². The van der Waals surface area contributed by atoms with Crippen molar-refractivity contribution in [1.29, 1.82) is 0 Å². The summed E-state index contributed by atoms with van der Waals surface area (Å²) in [6, 6.07) is 6.69. The van der Waals surface area contributed by atoms with Gasteiger partial charge in [-0.2, -0.15) is 8.78 Å². The number of benzene rings is 1. The van der Waals surface area contributed by atoms with Gasteiger partial charge in [-0.25, -0.2) is 4.98 Å². The number of nitrogens with zero attached hydrogens (tertiary/aromatic N) is 2. The van der Waals surface area contributed by atoms with Crippen molar-refractivity contribution in [3.8, 4) is 17.0 Å². The molecule has 0 spiro atoms. The summed E-state index contributed by atoms with van der Waals surface area (Å²) in [5, 5.41) is 0. The number of nitrogen functional groups attached to an aromatic ring is 1. The number of ether oxygens (including phenoxy) is 1. The van der Waals surface area contributed by atoms with Crippen LogP contribution in [0.25, 0.3) is 11.3 Å². The lowest BCUT2D eigenvalue weighted by Crippen LogP contribution is -2.09. The zero-order chi connectivity index (χ0) is 15.6. The van der Waals surface area contributed by atoms with Crippen LogP contribution in [-0.4, -0.2) is 16.2 Å². The number of halogens is 2. The van der Waals surface area contributed by atoms with E-state index in [0.29, 0.717) is 23.5 Å². The number of imidazole rings is 1. The molecule has 114 valence electrons. The molecule has 0 amide bonds. The Morgan fingerprint density at radius 3 is 2.48 bits per heavy atom. The maximum absolute atomic E-state index is 12.5. The van der Waals surface area contributed by atoms with Crippen LogP contribution in [-0.2, 0) is 6.42 Å². The second-order valence-corrected chi connectivity index (χ2v) is 4.95. The quantitative estimate of drug-likeness (QED) is 0.910. The van der Waals surface area contributed by atoms with Gasteiger partial charge in [0.15, 0.2) is 0 Å². The highest BCUT2D eigenvalue weighted by molar-refractivity contribution is 5.76. The number of para-hydroxylation sites is 1. The summed E-state index contributed by atoms with van der Waals surface area (Å²) in [4.78, 5) is 4.50. The Morgan fingerprint density at radius 1 is 1.29 bits per heavy atom. The average molecular weight is 295 g/mol. The molecule has 1 aromatic heterocycles. The second kappa shape index (κ2) is 6.11. The van der Waals surface area contributed by atoms with Crippen molar-refractivity contribution in [3.63, 3.8) is 0 Å². The summed E-state index contributed by atoms with van der Waals surface area (Å²) in [6.45, 7) is 3.10. The van der Waals surface area contributed by atoms with E-state index in [2.05, 4.69) is 9.72 Å². The molecule has 0 bridgehead atoms. The number of rotatable bonds is 5. The van der Waals surface area contributed by atoms with E-state index in [1.54, 1.807) is 18.2 Å². The minimum atomic E-state index is -2.88. The third-order valence-electron chi connectivity index (χ3n) is 3.21. The molecular weight excluding hydrogens is 276 g/mol. The molecule has 0 aliphatic heterocycles. The summed E-state index contributed by atoms with van der Waals surface area (Å²) >= 11 is 0. The molecule has 2 rings (SSSR count). The number of alkyl halides is 2. The van der Waals surface area contributed by atoms with Crippen LogP contribution in [0.1, 0.15) is 32.6 Å². The van der Waals surface area contributed by atoms with E-state index < -0.39 is 6.61 Å². The molecule has 0 aliphatic rings. The summed E-state index contributed by atoms with van der Waals surface area (Å²) < 4.78 is 31.5. The zero-order valence-electron chi connectivity index (χ0n) is 12.3. The van der Waals surface area contributed by atoms with E-state index in [1.165, 1.54) is 6.07 Å². The van der Waals surface area contributed by atoms with Gasteiger partial charge in [0.25, 0.3) is 0 Å². The highest BCUT2D eigenvalue weighted by Gasteiger charge is 2.20. The van der Waals surface area contributed by atoms with Crippen LogP contribution in [0.2, 0.25) is 0 Å². The van der Waals surface area contributed by atoms with Crippen LogP contribution in [0, 0.1) is 0 Å². The molecular formula is C15H19F2N3O. The Morgan fingerprint density at radius 2 is 1.95 bits per heavy atom. The first kappa shape index (κ1) is 15.3. The number of aryl methyl sites for hydroxylation is 1. The summed E-state index contributed by atoms with van der Waals surface area (Å²) in [6.07, 6.45) is 0.709. The molecule has 1 heterocycles. The topological polar surface area (TPSA) is 53.1 Å². The first-order chi connectivity index (χ1) is 9.95. The first-order valence-corrected chi connectivity index (χ1v) is 6.86. The lowest BCUT2D eigenvalue weighted by Gasteiger charge is -2.13. The van der Waals surface area contributed by atoms with Gasteiger partial charge < -0.3 is 15.0 Å². The maximum Gasteiger partial charge on any atom is 0.387 e. The zero-order valence-corrected chi connectivity index (χ0v) is 12.3. The van der Waals surface area contributed by atoms with Crippen molar-refractivity contribution < 1.29 is 13.5 Å². The van der Waals surface area contributed by atoms with Crippen LogP contribution in [0.5, 0.6) is 5.75 Å². The second-order valence-electron chi connectivity index (χ2n) is 4.95. The minimum absolute atomic E-state index is 0.0789. The maximum atomic E-state index is 12.5. The Bertz CT molecular complexity index is 623. The van der Waals surface area contributed by atoms with E-state index in [-0.39, 0.29) is 11.8 Å². The van der Waals surface area contributed by atoms with Crippen LogP contribution < -0.4 is 10.5 Å². The molecule has 2 aromatic rings. The summed E-state index contributed by atoms with van der Waals surface area (Å²) in [5.41, 5.74) is 7.13. The Labute approximate surface area is 122 Å². The molecule has 0 saturated carbocycles. The van der Waals surface area contributed by atoms with Crippen LogP contribution >= 0.6 is 0 Å². The molecule has 0 saturated heterocycles. The molecule has 4 nitrogen and oxygen atoms in total. The van der Waals surface area contributed by atoms with E-state index in [0.717, 1.165) is 5.82 Å². The molecule has 21 heavy (non-hydrogen) atoms. The van der Waals surface area contributed by atoms with Gasteiger partial charge in [0.2, 0.25) is 0 Å². The average Bonchev–Trinajstić information content (AvgIpc) is 2.75. The van der Waals surface area contributed by atoms with E-state index in [1.807, 2.05) is 25.3 Å². The van der Waals surface area contributed by atoms with Crippen LogP contribution in [0.15, 0.2) is 24.3 Å². The van der Waals surface area contributed by atoms with Gasteiger partial charge in [-0.15, -0.1) is 0 Å². The lowest BCUT2D eigenvalue weighted by molar-refractivity contribution is -0.0494. The standard InChI is InChI=1S/C15H19F2N3O/c1-4-12-19-13(14(18)20(12)9(2)3)10-7-5-6-8-11(10)21-15(16)17/h5-9,15H,4,18H2,1-3H3. The highest BCUT2D eigenvalue weighted by Crippen LogP contribution is 2.35. The van der Waals surface area contributed by atoms with Gasteiger partial charge in [0, 0.05) is 18.0 Å². The van der Waals surface area contributed by atoms with Crippen molar-refractivity contribution in [3.05, 3.63) is 30.1 Å². The van der Waals surface area contributed by atoms with Gasteiger partial charge in [-0.3, -0.25) is 0 Å². The molecule has 6 heteroatoms. The van der Waals surface area contributed by atoms with Crippen molar-refractivity contribution in [2.24, 2.45) is 0 Å². The highest BCUT2D eigenvalue weighted by atomic mass is 19.3. The fourth-order valence-corrected chi connectivity index (χ4v) is 2.38. The van der Waals surface area contributed by atoms with Gasteiger partial charge in [0.05, 0.1) is 0 Å². The largest absolute Gasteiger partial charge is 0.434 e. The predicted octanol–water partition coefficient (Wildman–Crippen LogP) is 3.88. The number of nitrogens with two attached hydrogens (primary N) is 1. The number of hydrogen-bond acceptors (Lipinski definition) is 3. The third kappa shape index (κ3) is 2.99. The molecule has 0 unspecified atom stereocenters. The van der Waals surface area contributed by atoms with Gasteiger partial charge in [0.1, 0.15) is 23.1 Å². The Balaban J connectivity index is 2.57. The lowest BCUT2D eigenvalue weighted by atomic mass is 10.1. The molecule has 0 radical (unpaired) electrons. The molecule has 0 fully saturated rings. The Hall–Kier alpha value is -2.11. The molecule has 1 aromatic carbocycles. The van der Waals surface area contributed by atoms with E-state index in [9.17, 15) is 8.78 Å². The number of hydrogen-bond donors (Lipinski definition) is 1. The predicted molar refractivity (Wildman–Crippen MR) is 78.5 cm³/mol. The van der Waals surface area contributed by atoms with Crippen molar-refractivity contribution in [2.45, 2.75) is 39.8 Å². The normalized spacial score (nSPS) is 11.4. The Kier molecular flexibility index (Phi) is 4.45. The smallest absolute Gasteiger partial charge is 0.387 e. The van der Waals surface area contributed by atoms with Crippen molar-refractivity contribution in [1.82, 2.24) is 9.55 Å². The van der Waals surface area contributed by atoms with E-state index in [4.69, 9.17) is 5.73 Å². The molecule has 0 atom stereocenters. The minimum Gasteiger partial charge on any atom is -0.434 e. The number of anilines is 1. The monoisotopic (exact) mass is 295 g/mol. The van der Waals surface area contributed by atoms with Crippen LogP contribution in [0.4, 0.5) is 14.6 Å². The summed E-state index contributed by atoms with van der Waals surface area (Å²) in [5.74, 6) is 1.37. The molecule has 0 aliphatic carbocycles. The third-order valence-corrected chi connectivity index (χ3v) is 3.21. The van der Waals surface area contributed by atoms with Crippen LogP contribution in [0.3, 0.4) is 0 Å².